The number of aromatic nitrogens is 4. The maximum absolute atomic E-state index is 17.2. The van der Waals surface area contributed by atoms with Crippen molar-refractivity contribution in [3.05, 3.63) is 217 Å². The van der Waals surface area contributed by atoms with Crippen LogP contribution in [0.4, 0.5) is 30.7 Å². The Morgan fingerprint density at radius 2 is 0.886 bits per heavy atom. The summed E-state index contributed by atoms with van der Waals surface area (Å²) in [7, 11) is 0. The number of para-hydroxylation sites is 1. The van der Waals surface area contributed by atoms with Crippen molar-refractivity contribution < 1.29 is 30.7 Å². The van der Waals surface area contributed by atoms with Crippen molar-refractivity contribution in [1.29, 1.82) is 0 Å². The molecule has 5 aromatic heterocycles. The summed E-state index contributed by atoms with van der Waals surface area (Å²) in [5.74, 6) is -7.04. The number of rotatable bonds is 5. The van der Waals surface area contributed by atoms with Crippen molar-refractivity contribution in [3.63, 3.8) is 0 Å². The van der Waals surface area contributed by atoms with E-state index in [9.17, 15) is 0 Å². The first-order valence-corrected chi connectivity index (χ1v) is 22.3. The van der Waals surface area contributed by atoms with E-state index >= 15 is 30.7 Å². The molecule has 11 heteroatoms. The minimum absolute atomic E-state index is 0.125. The van der Waals surface area contributed by atoms with Crippen LogP contribution in [0.25, 0.3) is 121 Å². The van der Waals surface area contributed by atoms with Crippen molar-refractivity contribution in [2.75, 3.05) is 0 Å². The summed E-state index contributed by atoms with van der Waals surface area (Å²) in [4.78, 5) is 9.36. The topological polar surface area (TPSA) is 35.1 Å². The van der Waals surface area contributed by atoms with Crippen LogP contribution in [0.1, 0.15) is 5.56 Å². The highest BCUT2D eigenvalue weighted by Gasteiger charge is 2.36. The third-order valence-corrected chi connectivity index (χ3v) is 13.5. The Balaban J connectivity index is 1.09. The predicted octanol–water partition coefficient (Wildman–Crippen LogP) is 16.7. The van der Waals surface area contributed by atoms with Crippen LogP contribution in [0.5, 0.6) is 0 Å². The Morgan fingerprint density at radius 1 is 0.357 bits per heavy atom. The van der Waals surface area contributed by atoms with E-state index in [0.717, 1.165) is 56.9 Å². The van der Waals surface area contributed by atoms with Gasteiger partial charge in [0.25, 0.3) is 0 Å². The Kier molecular flexibility index (Phi) is 9.07. The minimum atomic E-state index is -5.04. The number of nitrogens with zero attached hydrogens (tertiary/aromatic N) is 4. The highest BCUT2D eigenvalue weighted by molar-refractivity contribution is 6.16. The molecule has 0 aliphatic heterocycles. The molecule has 0 saturated carbocycles. The SMILES string of the molecule is Fc1c(F)c2c(F)c(c1F)c1cc(-n3c4ccccc4c4cc(-c5ccc(-c6ccccc6)nc5)ccc43)c(C(F)(F)F)cc1n1c3ccc(-c4ccc(-c5ccccc5)nc4)cc3c3ccc2cc31. The number of hydrogen-bond acceptors (Lipinski definition) is 2. The number of benzene rings is 8. The average molecular weight is 929 g/mol. The zero-order valence-corrected chi connectivity index (χ0v) is 36.3. The molecule has 0 amide bonds. The lowest BCUT2D eigenvalue weighted by Crippen LogP contribution is -2.11. The molecule has 4 nitrogen and oxygen atoms in total. The van der Waals surface area contributed by atoms with Gasteiger partial charge in [0.2, 0.25) is 0 Å². The van der Waals surface area contributed by atoms with Crippen LogP contribution in [0.15, 0.2) is 188 Å². The molecule has 0 N–H and O–H groups in total. The van der Waals surface area contributed by atoms with E-state index in [1.807, 2.05) is 97.1 Å². The van der Waals surface area contributed by atoms with Crippen LogP contribution in [-0.4, -0.2) is 18.9 Å². The van der Waals surface area contributed by atoms with Crippen molar-refractivity contribution in [2.24, 2.45) is 0 Å². The molecule has 0 fully saturated rings. The lowest BCUT2D eigenvalue weighted by molar-refractivity contribution is -0.137. The van der Waals surface area contributed by atoms with Gasteiger partial charge in [0, 0.05) is 61.6 Å². The molecule has 0 saturated heterocycles. The molecule has 0 spiro atoms. The summed E-state index contributed by atoms with van der Waals surface area (Å²) in [5, 5.41) is -0.0786. The van der Waals surface area contributed by atoms with Crippen LogP contribution >= 0.6 is 0 Å². The Bertz CT molecular complexity index is 4300. The summed E-state index contributed by atoms with van der Waals surface area (Å²) in [5.41, 5.74) is 5.92. The van der Waals surface area contributed by atoms with Crippen LogP contribution < -0.4 is 0 Å². The fourth-order valence-electron chi connectivity index (χ4n) is 10.2. The van der Waals surface area contributed by atoms with Crippen molar-refractivity contribution in [1.82, 2.24) is 18.9 Å². The second-order valence-corrected chi connectivity index (χ2v) is 17.4. The second kappa shape index (κ2) is 15.3. The van der Waals surface area contributed by atoms with E-state index in [1.54, 1.807) is 67.0 Å². The van der Waals surface area contributed by atoms with Gasteiger partial charge in [-0.15, -0.1) is 0 Å². The first-order chi connectivity index (χ1) is 34.0. The lowest BCUT2D eigenvalue weighted by atomic mass is 10.0. The molecule has 0 atom stereocenters. The van der Waals surface area contributed by atoms with Crippen LogP contribution in [-0.2, 0) is 6.18 Å². The van der Waals surface area contributed by atoms with Gasteiger partial charge in [-0.25, -0.2) is 17.6 Å². The van der Waals surface area contributed by atoms with E-state index in [0.29, 0.717) is 38.1 Å². The third-order valence-electron chi connectivity index (χ3n) is 13.5. The molecule has 5 heterocycles. The van der Waals surface area contributed by atoms with Gasteiger partial charge < -0.3 is 8.97 Å². The van der Waals surface area contributed by atoms with Gasteiger partial charge in [-0.1, -0.05) is 115 Å². The Morgan fingerprint density at radius 3 is 1.50 bits per heavy atom. The normalized spacial score (nSPS) is 12.2. The monoisotopic (exact) mass is 928 g/mol. The van der Waals surface area contributed by atoms with Crippen molar-refractivity contribution in [3.8, 4) is 50.5 Å². The summed E-state index contributed by atoms with van der Waals surface area (Å²) in [6, 6.07) is 50.9. The molecule has 13 rings (SSSR count). The van der Waals surface area contributed by atoms with Crippen molar-refractivity contribution in [2.45, 2.75) is 6.18 Å². The van der Waals surface area contributed by atoms with E-state index < -0.39 is 56.9 Å². The molecule has 13 aromatic rings. The van der Waals surface area contributed by atoms with Gasteiger partial charge in [-0.05, 0) is 77.2 Å². The lowest BCUT2D eigenvalue weighted by Gasteiger charge is -2.18. The quantitative estimate of drug-likeness (QED) is 0.0979. The molecule has 0 unspecified atom stereocenters. The van der Waals surface area contributed by atoms with E-state index in [4.69, 9.17) is 0 Å². The second-order valence-electron chi connectivity index (χ2n) is 17.4. The largest absolute Gasteiger partial charge is 0.418 e. The third kappa shape index (κ3) is 6.24. The summed E-state index contributed by atoms with van der Waals surface area (Å²) in [6.45, 7) is 0. The highest BCUT2D eigenvalue weighted by atomic mass is 19.4. The molecule has 4 bridgehead atoms. The van der Waals surface area contributed by atoms with Crippen molar-refractivity contribution >= 4 is 70.7 Å². The molecular formula is C59H31F7N4. The van der Waals surface area contributed by atoms with E-state index in [1.165, 1.54) is 21.1 Å². The summed E-state index contributed by atoms with van der Waals surface area (Å²) in [6.07, 6.45) is -1.57. The zero-order chi connectivity index (χ0) is 47.6. The Labute approximate surface area is 392 Å². The minimum Gasteiger partial charge on any atom is -0.309 e. The van der Waals surface area contributed by atoms with Gasteiger partial charge in [0.15, 0.2) is 17.5 Å². The molecule has 70 heavy (non-hydrogen) atoms. The van der Waals surface area contributed by atoms with E-state index in [2.05, 4.69) is 9.97 Å². The molecule has 0 radical (unpaired) electrons. The van der Waals surface area contributed by atoms with Crippen LogP contribution in [0.3, 0.4) is 0 Å². The summed E-state index contributed by atoms with van der Waals surface area (Å²) < 4.78 is 117. The number of fused-ring (bicyclic) bond motifs is 13. The zero-order valence-electron chi connectivity index (χ0n) is 36.3. The Hall–Kier alpha value is -8.83. The van der Waals surface area contributed by atoms with Crippen LogP contribution in [0, 0.1) is 23.3 Å². The van der Waals surface area contributed by atoms with Gasteiger partial charge in [-0.2, -0.15) is 13.2 Å². The van der Waals surface area contributed by atoms with Gasteiger partial charge >= 0.3 is 6.18 Å². The molecule has 0 aliphatic carbocycles. The number of alkyl halides is 3. The number of pyridine rings is 2. The summed E-state index contributed by atoms with van der Waals surface area (Å²) >= 11 is 0. The van der Waals surface area contributed by atoms with Crippen LogP contribution in [0.2, 0.25) is 0 Å². The maximum atomic E-state index is 17.2. The molecule has 0 aliphatic rings. The maximum Gasteiger partial charge on any atom is 0.418 e. The first kappa shape index (κ1) is 41.4. The molecule has 8 aromatic carbocycles. The fraction of sp³-hybridized carbons (Fsp3) is 0.0169. The number of hydrogen-bond donors (Lipinski definition) is 0. The van der Waals surface area contributed by atoms with Gasteiger partial charge in [0.1, 0.15) is 5.82 Å². The predicted molar refractivity (Wildman–Crippen MR) is 264 cm³/mol. The molecular weight excluding hydrogens is 898 g/mol. The number of halogens is 7. The van der Waals surface area contributed by atoms with E-state index in [-0.39, 0.29) is 16.4 Å². The first-order valence-electron chi connectivity index (χ1n) is 22.3. The fourth-order valence-corrected chi connectivity index (χ4v) is 10.2. The highest BCUT2D eigenvalue weighted by Crippen LogP contribution is 2.45. The average Bonchev–Trinajstić information content (AvgIpc) is 3.90. The smallest absolute Gasteiger partial charge is 0.309 e. The van der Waals surface area contributed by atoms with Gasteiger partial charge in [0.05, 0.1) is 61.0 Å². The van der Waals surface area contributed by atoms with Gasteiger partial charge in [-0.3, -0.25) is 9.97 Å². The molecule has 336 valence electrons. The standard InChI is InChI=1S/C59H31F7N4/c60-55-53-36-15-20-40-42-26-35(38-17-22-46(68-31-38)33-11-5-2-6-12-33)19-24-49(42)70(50(40)27-36)51-29-44(59(64,65)66)52(28-43(51)54(55)57(62)58(63)56(53)61)69-47-14-8-7-13-39(47)41-25-34(18-23-48(41)69)37-16-21-45(67-30-37)32-9-3-1-4-10-32/h1-31H.